The van der Waals surface area contributed by atoms with Gasteiger partial charge in [0.1, 0.15) is 5.69 Å². The number of rotatable bonds is 1. The van der Waals surface area contributed by atoms with Crippen molar-refractivity contribution in [2.45, 2.75) is 42.9 Å². The number of carbonyl (C=O) groups is 1. The summed E-state index contributed by atoms with van der Waals surface area (Å²) in [6.45, 7) is 8.90. The minimum absolute atomic E-state index is 0.0296. The maximum absolute atomic E-state index is 13.0. The Bertz CT molecular complexity index is 764. The Balaban J connectivity index is 2.26. The summed E-state index contributed by atoms with van der Waals surface area (Å²) in [5.74, 6) is -0.0822. The summed E-state index contributed by atoms with van der Waals surface area (Å²) >= 11 is -1.35. The fourth-order valence-electron chi connectivity index (χ4n) is 2.84. The van der Waals surface area contributed by atoms with Crippen LogP contribution >= 0.6 is 0 Å². The first-order valence-corrected chi connectivity index (χ1v) is 8.96. The van der Waals surface area contributed by atoms with Gasteiger partial charge in [0.2, 0.25) is 0 Å². The zero-order chi connectivity index (χ0) is 16.8. The molecule has 2 aromatic rings. The molecule has 1 aliphatic rings. The Hall–Kier alpha value is -1.78. The van der Waals surface area contributed by atoms with Crippen LogP contribution in [-0.2, 0) is 16.6 Å². The molecule has 0 saturated heterocycles. The predicted octanol–water partition coefficient (Wildman–Crippen LogP) is 4.13. The number of nitrogens with zero attached hydrogens (tertiary/aromatic N) is 1. The van der Waals surface area contributed by atoms with Crippen molar-refractivity contribution in [3.8, 4) is 0 Å². The lowest BCUT2D eigenvalue weighted by molar-refractivity contribution is 0.0985. The first-order chi connectivity index (χ1) is 10.8. The molecule has 1 amide bonds. The Morgan fingerprint density at radius 1 is 1.09 bits per heavy atom. The van der Waals surface area contributed by atoms with Crippen molar-refractivity contribution in [2.24, 2.45) is 0 Å². The highest BCUT2D eigenvalue weighted by Gasteiger charge is 2.35. The highest BCUT2D eigenvalue weighted by atomic mass is 32.2. The number of amides is 1. The fourth-order valence-corrected chi connectivity index (χ4v) is 4.19. The standard InChI is InChI=1S/C19H21NO2S/c1-5-20-15-12-13(19(2,3)4)10-11-17(15)23(22)16-9-7-6-8-14(16)18(20)21/h6-12H,5H2,1-4H3/t23-/m1/s1. The summed E-state index contributed by atoms with van der Waals surface area (Å²) in [4.78, 5) is 16.0. The molecule has 4 heteroatoms. The van der Waals surface area contributed by atoms with Gasteiger partial charge in [0.15, 0.2) is 9.79 Å². The lowest BCUT2D eigenvalue weighted by Crippen LogP contribution is -2.30. The van der Waals surface area contributed by atoms with Crippen LogP contribution in [0.4, 0.5) is 5.69 Å². The largest absolute Gasteiger partial charge is 0.606 e. The van der Waals surface area contributed by atoms with Gasteiger partial charge in [-0.1, -0.05) is 39.0 Å². The van der Waals surface area contributed by atoms with Crippen molar-refractivity contribution in [1.82, 2.24) is 0 Å². The summed E-state index contributed by atoms with van der Waals surface area (Å²) in [5.41, 5.74) is 2.39. The SMILES string of the molecule is CCN1C(=O)c2ccccc2[S@@+]([O-])c2ccc(C(C)(C)C)cc21. The summed E-state index contributed by atoms with van der Waals surface area (Å²) in [7, 11) is 0. The third kappa shape index (κ3) is 2.66. The summed E-state index contributed by atoms with van der Waals surface area (Å²) in [6.07, 6.45) is 0. The monoisotopic (exact) mass is 327 g/mol. The molecule has 0 saturated carbocycles. The highest BCUT2D eigenvalue weighted by Crippen LogP contribution is 2.39. The first kappa shape index (κ1) is 16.1. The van der Waals surface area contributed by atoms with E-state index in [9.17, 15) is 9.35 Å². The quantitative estimate of drug-likeness (QED) is 0.739. The Kier molecular flexibility index (Phi) is 3.98. The van der Waals surface area contributed by atoms with Gasteiger partial charge < -0.3 is 9.45 Å². The molecule has 0 unspecified atom stereocenters. The minimum atomic E-state index is -1.35. The van der Waals surface area contributed by atoms with Crippen molar-refractivity contribution in [3.63, 3.8) is 0 Å². The Morgan fingerprint density at radius 3 is 2.43 bits per heavy atom. The number of carbonyl (C=O) groups excluding carboxylic acids is 1. The van der Waals surface area contributed by atoms with Gasteiger partial charge in [0.25, 0.3) is 5.91 Å². The van der Waals surface area contributed by atoms with E-state index >= 15 is 0 Å². The Labute approximate surface area is 140 Å². The van der Waals surface area contributed by atoms with E-state index in [1.807, 2.05) is 37.3 Å². The molecule has 0 aromatic heterocycles. The van der Waals surface area contributed by atoms with E-state index in [2.05, 4.69) is 20.8 Å². The lowest BCUT2D eigenvalue weighted by atomic mass is 9.87. The van der Waals surface area contributed by atoms with Crippen LogP contribution in [0.25, 0.3) is 0 Å². The van der Waals surface area contributed by atoms with Crippen LogP contribution in [0.2, 0.25) is 0 Å². The summed E-state index contributed by atoms with van der Waals surface area (Å²) in [5, 5.41) is 0. The van der Waals surface area contributed by atoms with Crippen molar-refractivity contribution in [2.75, 3.05) is 11.4 Å². The van der Waals surface area contributed by atoms with E-state index in [0.29, 0.717) is 21.9 Å². The van der Waals surface area contributed by atoms with E-state index in [4.69, 9.17) is 0 Å². The van der Waals surface area contributed by atoms with Gasteiger partial charge in [-0.25, -0.2) is 0 Å². The van der Waals surface area contributed by atoms with Crippen molar-refractivity contribution in [1.29, 1.82) is 0 Å². The zero-order valence-electron chi connectivity index (χ0n) is 13.9. The molecule has 3 nitrogen and oxygen atoms in total. The second-order valence-electron chi connectivity index (χ2n) is 6.75. The minimum Gasteiger partial charge on any atom is -0.606 e. The number of hydrogen-bond donors (Lipinski definition) is 0. The topological polar surface area (TPSA) is 43.4 Å². The molecule has 0 aliphatic carbocycles. The van der Waals surface area contributed by atoms with Crippen LogP contribution in [0, 0.1) is 0 Å². The molecule has 2 aromatic carbocycles. The van der Waals surface area contributed by atoms with Crippen molar-refractivity contribution in [3.05, 3.63) is 53.6 Å². The number of fused-ring (bicyclic) bond motifs is 2. The normalized spacial score (nSPS) is 17.5. The third-order valence-electron chi connectivity index (χ3n) is 4.19. The maximum atomic E-state index is 13.0. The van der Waals surface area contributed by atoms with Crippen LogP contribution < -0.4 is 4.90 Å². The van der Waals surface area contributed by atoms with Crippen LogP contribution in [0.1, 0.15) is 43.6 Å². The Morgan fingerprint density at radius 2 is 1.78 bits per heavy atom. The molecular weight excluding hydrogens is 306 g/mol. The first-order valence-electron chi connectivity index (χ1n) is 7.81. The van der Waals surface area contributed by atoms with E-state index in [1.54, 1.807) is 17.0 Å². The van der Waals surface area contributed by atoms with Gasteiger partial charge in [-0.3, -0.25) is 4.79 Å². The number of hydrogen-bond acceptors (Lipinski definition) is 2. The zero-order valence-corrected chi connectivity index (χ0v) is 14.7. The molecule has 120 valence electrons. The predicted molar refractivity (Wildman–Crippen MR) is 93.6 cm³/mol. The van der Waals surface area contributed by atoms with Gasteiger partial charge >= 0.3 is 0 Å². The second-order valence-corrected chi connectivity index (χ2v) is 8.16. The van der Waals surface area contributed by atoms with Gasteiger partial charge in [-0.2, -0.15) is 0 Å². The molecule has 1 atom stereocenters. The van der Waals surface area contributed by atoms with Gasteiger partial charge in [-0.15, -0.1) is 0 Å². The highest BCUT2D eigenvalue weighted by molar-refractivity contribution is 7.91. The summed E-state index contributed by atoms with van der Waals surface area (Å²) < 4.78 is 13.0. The molecule has 23 heavy (non-hydrogen) atoms. The average molecular weight is 327 g/mol. The number of anilines is 1. The number of benzene rings is 2. The van der Waals surface area contributed by atoms with Crippen molar-refractivity contribution >= 4 is 22.8 Å². The van der Waals surface area contributed by atoms with E-state index in [1.165, 1.54) is 0 Å². The second kappa shape index (κ2) is 5.69. The molecule has 1 heterocycles. The van der Waals surface area contributed by atoms with Gasteiger partial charge in [0.05, 0.1) is 5.56 Å². The molecule has 1 aliphatic heterocycles. The molecule has 0 N–H and O–H groups in total. The fraction of sp³-hybridized carbons (Fsp3) is 0.316. The van der Waals surface area contributed by atoms with E-state index in [-0.39, 0.29) is 11.3 Å². The molecule has 0 radical (unpaired) electrons. The van der Waals surface area contributed by atoms with Crippen LogP contribution in [0.5, 0.6) is 0 Å². The molecule has 3 rings (SSSR count). The maximum Gasteiger partial charge on any atom is 0.263 e. The molecular formula is C19H21NO2S. The average Bonchev–Trinajstić information content (AvgIpc) is 2.61. The third-order valence-corrected chi connectivity index (χ3v) is 5.69. The van der Waals surface area contributed by atoms with Crippen LogP contribution in [0.3, 0.4) is 0 Å². The smallest absolute Gasteiger partial charge is 0.263 e. The van der Waals surface area contributed by atoms with Crippen LogP contribution in [0.15, 0.2) is 52.3 Å². The van der Waals surface area contributed by atoms with Crippen molar-refractivity contribution < 1.29 is 9.35 Å². The lowest BCUT2D eigenvalue weighted by Gasteiger charge is -2.24. The molecule has 0 bridgehead atoms. The molecule has 0 spiro atoms. The van der Waals surface area contributed by atoms with Crippen LogP contribution in [-0.4, -0.2) is 17.0 Å². The summed E-state index contributed by atoms with van der Waals surface area (Å²) in [6, 6.07) is 13.1. The van der Waals surface area contributed by atoms with E-state index < -0.39 is 11.2 Å². The molecule has 0 fully saturated rings. The van der Waals surface area contributed by atoms with Gasteiger partial charge in [0, 0.05) is 17.7 Å². The van der Waals surface area contributed by atoms with E-state index in [0.717, 1.165) is 11.3 Å². The van der Waals surface area contributed by atoms with Gasteiger partial charge in [-0.05, 0) is 42.2 Å².